The van der Waals surface area contributed by atoms with E-state index in [-0.39, 0.29) is 12.6 Å². The molecular formula is C20H24N4O3. The van der Waals surface area contributed by atoms with Crippen LogP contribution in [0.4, 0.5) is 4.79 Å². The Morgan fingerprint density at radius 2 is 1.81 bits per heavy atom. The number of nitriles is 1. The molecule has 2 amide bonds. The first kappa shape index (κ1) is 20.2. The maximum atomic E-state index is 11.7. The van der Waals surface area contributed by atoms with Crippen LogP contribution in [-0.2, 0) is 6.54 Å². The van der Waals surface area contributed by atoms with E-state index in [1.54, 1.807) is 24.3 Å². The molecule has 7 nitrogen and oxygen atoms in total. The number of benzene rings is 2. The summed E-state index contributed by atoms with van der Waals surface area (Å²) in [5.41, 5.74) is 1.47. The highest BCUT2D eigenvalue weighted by Crippen LogP contribution is 2.16. The van der Waals surface area contributed by atoms with E-state index < -0.39 is 6.10 Å². The van der Waals surface area contributed by atoms with Gasteiger partial charge in [-0.05, 0) is 17.7 Å². The van der Waals surface area contributed by atoms with Crippen LogP contribution in [0.1, 0.15) is 11.1 Å². The van der Waals surface area contributed by atoms with E-state index in [4.69, 9.17) is 10.00 Å². The van der Waals surface area contributed by atoms with Gasteiger partial charge in [-0.2, -0.15) is 5.26 Å². The molecule has 2 aromatic carbocycles. The number of aliphatic hydroxyl groups excluding tert-OH is 1. The molecule has 0 aromatic heterocycles. The maximum Gasteiger partial charge on any atom is 0.315 e. The van der Waals surface area contributed by atoms with Gasteiger partial charge in [0.2, 0.25) is 0 Å². The number of ether oxygens (including phenoxy) is 1. The van der Waals surface area contributed by atoms with Gasteiger partial charge < -0.3 is 25.8 Å². The van der Waals surface area contributed by atoms with Gasteiger partial charge in [-0.25, -0.2) is 4.79 Å². The average Bonchev–Trinajstić information content (AvgIpc) is 2.71. The quantitative estimate of drug-likeness (QED) is 0.474. The number of hydrogen-bond donors (Lipinski definition) is 4. The minimum absolute atomic E-state index is 0.0800. The number of nitrogens with zero attached hydrogens (tertiary/aromatic N) is 1. The fraction of sp³-hybridized carbons (Fsp3) is 0.300. The van der Waals surface area contributed by atoms with Gasteiger partial charge in [0.15, 0.2) is 0 Å². The minimum Gasteiger partial charge on any atom is -0.489 e. The van der Waals surface area contributed by atoms with Gasteiger partial charge in [0.05, 0.1) is 5.56 Å². The first-order valence-corrected chi connectivity index (χ1v) is 8.75. The van der Waals surface area contributed by atoms with Crippen LogP contribution >= 0.6 is 0 Å². The number of nitrogens with one attached hydrogen (secondary N) is 3. The van der Waals surface area contributed by atoms with Crippen molar-refractivity contribution in [3.63, 3.8) is 0 Å². The number of rotatable bonds is 10. The molecule has 0 spiro atoms. The predicted molar refractivity (Wildman–Crippen MR) is 102 cm³/mol. The van der Waals surface area contributed by atoms with E-state index in [1.165, 1.54) is 0 Å². The molecule has 1 unspecified atom stereocenters. The maximum absolute atomic E-state index is 11.7. The number of aliphatic hydroxyl groups is 1. The van der Waals surface area contributed by atoms with Crippen LogP contribution in [0.5, 0.6) is 5.75 Å². The summed E-state index contributed by atoms with van der Waals surface area (Å²) in [5, 5.41) is 27.5. The zero-order chi connectivity index (χ0) is 19.3. The number of carbonyl (C=O) groups is 1. The molecule has 7 heteroatoms. The lowest BCUT2D eigenvalue weighted by molar-refractivity contribution is 0.106. The molecule has 0 aliphatic rings. The standard InChI is InChI=1S/C20H24N4O3/c21-12-17-8-4-5-9-19(17)27-15-18(25)14-22-10-11-23-20(26)24-13-16-6-2-1-3-7-16/h1-9,18,22,25H,10-11,13-15H2,(H2,23,24,26). The third-order valence-corrected chi connectivity index (χ3v) is 3.70. The third kappa shape index (κ3) is 7.77. The molecule has 1 atom stereocenters. The summed E-state index contributed by atoms with van der Waals surface area (Å²) < 4.78 is 5.47. The highest BCUT2D eigenvalue weighted by molar-refractivity contribution is 5.73. The Morgan fingerprint density at radius 1 is 1.07 bits per heavy atom. The SMILES string of the molecule is N#Cc1ccccc1OCC(O)CNCCNC(=O)NCc1ccccc1. The van der Waals surface area contributed by atoms with Crippen molar-refractivity contribution in [2.24, 2.45) is 0 Å². The summed E-state index contributed by atoms with van der Waals surface area (Å²) in [6.45, 7) is 1.83. The lowest BCUT2D eigenvalue weighted by atomic mass is 10.2. The Morgan fingerprint density at radius 3 is 2.59 bits per heavy atom. The van der Waals surface area contributed by atoms with E-state index in [0.29, 0.717) is 37.5 Å². The van der Waals surface area contributed by atoms with Crippen molar-refractivity contribution >= 4 is 6.03 Å². The first-order valence-electron chi connectivity index (χ1n) is 8.75. The summed E-state index contributed by atoms with van der Waals surface area (Å²) in [5.74, 6) is 0.454. The van der Waals surface area contributed by atoms with Crippen molar-refractivity contribution < 1.29 is 14.6 Å². The van der Waals surface area contributed by atoms with Crippen molar-refractivity contribution in [2.45, 2.75) is 12.6 Å². The number of amides is 2. The highest BCUT2D eigenvalue weighted by Gasteiger charge is 2.07. The topological polar surface area (TPSA) is 106 Å². The number of para-hydroxylation sites is 1. The summed E-state index contributed by atoms with van der Waals surface area (Å²) in [6.07, 6.45) is -0.719. The number of hydrogen-bond acceptors (Lipinski definition) is 5. The summed E-state index contributed by atoms with van der Waals surface area (Å²) in [6, 6.07) is 18.3. The third-order valence-electron chi connectivity index (χ3n) is 3.70. The molecule has 0 saturated heterocycles. The fourth-order valence-electron chi connectivity index (χ4n) is 2.30. The van der Waals surface area contributed by atoms with Gasteiger partial charge in [-0.3, -0.25) is 0 Å². The highest BCUT2D eigenvalue weighted by atomic mass is 16.5. The second-order valence-electron chi connectivity index (χ2n) is 5.87. The largest absolute Gasteiger partial charge is 0.489 e. The Bertz CT molecular complexity index is 746. The van der Waals surface area contributed by atoms with Crippen molar-refractivity contribution in [3.8, 4) is 11.8 Å². The molecule has 4 N–H and O–H groups in total. The zero-order valence-electron chi connectivity index (χ0n) is 15.0. The van der Waals surface area contributed by atoms with Crippen LogP contribution in [0.3, 0.4) is 0 Å². The lowest BCUT2D eigenvalue weighted by Crippen LogP contribution is -2.40. The van der Waals surface area contributed by atoms with E-state index in [0.717, 1.165) is 5.56 Å². The van der Waals surface area contributed by atoms with Crippen molar-refractivity contribution in [1.29, 1.82) is 5.26 Å². The van der Waals surface area contributed by atoms with Crippen LogP contribution in [0.2, 0.25) is 0 Å². The lowest BCUT2D eigenvalue weighted by Gasteiger charge is -2.14. The Labute approximate surface area is 159 Å². The van der Waals surface area contributed by atoms with Gasteiger partial charge in [0.25, 0.3) is 0 Å². The predicted octanol–water partition coefficient (Wildman–Crippen LogP) is 1.39. The van der Waals surface area contributed by atoms with Crippen LogP contribution in [0.15, 0.2) is 54.6 Å². The number of carbonyl (C=O) groups excluding carboxylic acids is 1. The number of urea groups is 1. The Balaban J connectivity index is 1.53. The van der Waals surface area contributed by atoms with Crippen LogP contribution in [-0.4, -0.2) is 43.5 Å². The van der Waals surface area contributed by atoms with Crippen molar-refractivity contribution in [2.75, 3.05) is 26.2 Å². The van der Waals surface area contributed by atoms with Crippen LogP contribution in [0, 0.1) is 11.3 Å². The smallest absolute Gasteiger partial charge is 0.315 e. The Kier molecular flexibility index (Phi) is 8.63. The molecule has 0 saturated carbocycles. The summed E-state index contributed by atoms with van der Waals surface area (Å²) in [7, 11) is 0. The van der Waals surface area contributed by atoms with E-state index >= 15 is 0 Å². The van der Waals surface area contributed by atoms with Crippen LogP contribution < -0.4 is 20.7 Å². The molecule has 0 heterocycles. The van der Waals surface area contributed by atoms with Gasteiger partial charge in [0.1, 0.15) is 24.5 Å². The minimum atomic E-state index is -0.719. The molecule has 0 aliphatic carbocycles. The molecule has 0 fully saturated rings. The molecular weight excluding hydrogens is 344 g/mol. The van der Waals surface area contributed by atoms with E-state index in [2.05, 4.69) is 16.0 Å². The first-order chi connectivity index (χ1) is 13.2. The van der Waals surface area contributed by atoms with Crippen molar-refractivity contribution in [1.82, 2.24) is 16.0 Å². The average molecular weight is 368 g/mol. The second-order valence-corrected chi connectivity index (χ2v) is 5.87. The molecule has 142 valence electrons. The van der Waals surface area contributed by atoms with Gasteiger partial charge in [-0.1, -0.05) is 42.5 Å². The molecule has 2 aromatic rings. The van der Waals surface area contributed by atoms with E-state index in [9.17, 15) is 9.90 Å². The molecule has 0 aliphatic heterocycles. The second kappa shape index (κ2) is 11.5. The zero-order valence-corrected chi connectivity index (χ0v) is 15.0. The molecule has 2 rings (SSSR count). The molecule has 0 bridgehead atoms. The van der Waals surface area contributed by atoms with Crippen molar-refractivity contribution in [3.05, 3.63) is 65.7 Å². The molecule has 27 heavy (non-hydrogen) atoms. The molecule has 0 radical (unpaired) electrons. The summed E-state index contributed by atoms with van der Waals surface area (Å²) >= 11 is 0. The van der Waals surface area contributed by atoms with Gasteiger partial charge >= 0.3 is 6.03 Å². The Hall–Kier alpha value is -3.08. The monoisotopic (exact) mass is 368 g/mol. The van der Waals surface area contributed by atoms with E-state index in [1.807, 2.05) is 36.4 Å². The normalized spacial score (nSPS) is 11.3. The van der Waals surface area contributed by atoms with Gasteiger partial charge in [-0.15, -0.1) is 0 Å². The fourth-order valence-corrected chi connectivity index (χ4v) is 2.30. The van der Waals surface area contributed by atoms with Gasteiger partial charge in [0, 0.05) is 26.2 Å². The van der Waals surface area contributed by atoms with Crippen LogP contribution in [0.25, 0.3) is 0 Å². The summed E-state index contributed by atoms with van der Waals surface area (Å²) in [4.78, 5) is 11.7.